The van der Waals surface area contributed by atoms with Gasteiger partial charge in [0.2, 0.25) is 10.0 Å². The molecule has 0 saturated heterocycles. The molecular weight excluding hydrogens is 421 g/mol. The van der Waals surface area contributed by atoms with Crippen LogP contribution in [-0.4, -0.2) is 32.2 Å². The third-order valence-electron chi connectivity index (χ3n) is 3.43. The molecular formula is C16H16Cl3N3O3S. The Morgan fingerprint density at radius 1 is 1.08 bits per heavy atom. The van der Waals surface area contributed by atoms with Gasteiger partial charge in [0.15, 0.2) is 0 Å². The van der Waals surface area contributed by atoms with Gasteiger partial charge in [0.25, 0.3) is 5.91 Å². The molecule has 0 heterocycles. The first-order valence-electron chi connectivity index (χ1n) is 7.33. The fraction of sp³-hybridized carbons (Fsp3) is 0.188. The number of carbonyl (C=O) groups excluding carboxylic acids is 1. The molecule has 0 aliphatic heterocycles. The van der Waals surface area contributed by atoms with E-state index in [0.717, 1.165) is 9.87 Å². The Morgan fingerprint density at radius 2 is 1.62 bits per heavy atom. The number of rotatable bonds is 6. The summed E-state index contributed by atoms with van der Waals surface area (Å²) in [5, 5.41) is 0.771. The summed E-state index contributed by atoms with van der Waals surface area (Å²) in [4.78, 5) is 12.2. The summed E-state index contributed by atoms with van der Waals surface area (Å²) in [6, 6.07) is 9.27. The Balaban J connectivity index is 2.02. The first kappa shape index (κ1) is 20.8. The summed E-state index contributed by atoms with van der Waals surface area (Å²) in [6.07, 6.45) is 0. The molecule has 0 atom stereocenters. The van der Waals surface area contributed by atoms with E-state index in [9.17, 15) is 13.2 Å². The minimum Gasteiger partial charge on any atom is -0.296 e. The second-order valence-corrected chi connectivity index (χ2v) is 8.79. The van der Waals surface area contributed by atoms with E-state index in [1.807, 2.05) is 6.92 Å². The van der Waals surface area contributed by atoms with Crippen LogP contribution in [0, 0.1) is 6.92 Å². The first-order valence-corrected chi connectivity index (χ1v) is 9.91. The van der Waals surface area contributed by atoms with Gasteiger partial charge in [-0.2, -0.15) is 4.31 Å². The molecule has 0 fully saturated rings. The van der Waals surface area contributed by atoms with Crippen LogP contribution in [0.3, 0.4) is 0 Å². The number of nitrogens with zero attached hydrogens (tertiary/aromatic N) is 1. The van der Waals surface area contributed by atoms with Gasteiger partial charge in [-0.25, -0.2) is 8.42 Å². The summed E-state index contributed by atoms with van der Waals surface area (Å²) in [5.41, 5.74) is 6.12. The van der Waals surface area contributed by atoms with Crippen molar-refractivity contribution in [2.45, 2.75) is 11.8 Å². The van der Waals surface area contributed by atoms with E-state index < -0.39 is 22.5 Å². The number of likely N-dealkylation sites (N-methyl/N-ethyl adjacent to an activating group) is 1. The molecule has 2 N–H and O–H groups in total. The number of anilines is 1. The van der Waals surface area contributed by atoms with E-state index in [-0.39, 0.29) is 20.6 Å². The predicted molar refractivity (Wildman–Crippen MR) is 104 cm³/mol. The molecule has 0 radical (unpaired) electrons. The lowest BCUT2D eigenvalue weighted by Gasteiger charge is -2.18. The Bertz CT molecular complexity index is 895. The van der Waals surface area contributed by atoms with E-state index in [1.165, 1.54) is 31.3 Å². The molecule has 0 aromatic heterocycles. The minimum absolute atomic E-state index is 0.107. The van der Waals surface area contributed by atoms with Crippen LogP contribution < -0.4 is 10.9 Å². The second kappa shape index (κ2) is 8.45. The van der Waals surface area contributed by atoms with Crippen molar-refractivity contribution in [2.24, 2.45) is 0 Å². The average molecular weight is 437 g/mol. The zero-order valence-electron chi connectivity index (χ0n) is 13.9. The highest BCUT2D eigenvalue weighted by molar-refractivity contribution is 7.89. The summed E-state index contributed by atoms with van der Waals surface area (Å²) in [7, 11) is -2.46. The average Bonchev–Trinajstić information content (AvgIpc) is 2.54. The van der Waals surface area contributed by atoms with Crippen molar-refractivity contribution in [1.82, 2.24) is 9.73 Å². The van der Waals surface area contributed by atoms with Gasteiger partial charge in [-0.15, -0.1) is 0 Å². The Morgan fingerprint density at radius 3 is 2.15 bits per heavy atom. The van der Waals surface area contributed by atoms with Gasteiger partial charge in [-0.1, -0.05) is 52.5 Å². The number of sulfonamides is 1. The monoisotopic (exact) mass is 435 g/mol. The fourth-order valence-corrected chi connectivity index (χ4v) is 4.05. The number of hydrogen-bond donors (Lipinski definition) is 2. The van der Waals surface area contributed by atoms with Gasteiger partial charge in [-0.3, -0.25) is 15.6 Å². The van der Waals surface area contributed by atoms with Gasteiger partial charge < -0.3 is 0 Å². The molecule has 140 valence electrons. The summed E-state index contributed by atoms with van der Waals surface area (Å²) in [5.74, 6) is -0.592. The summed E-state index contributed by atoms with van der Waals surface area (Å²) in [6.45, 7) is 1.46. The van der Waals surface area contributed by atoms with Crippen LogP contribution in [0.25, 0.3) is 0 Å². The fourth-order valence-electron chi connectivity index (χ4n) is 2.01. The Hall–Kier alpha value is -1.51. The maximum absolute atomic E-state index is 12.5. The number of benzene rings is 2. The third kappa shape index (κ3) is 5.02. The highest BCUT2D eigenvalue weighted by Gasteiger charge is 2.23. The first-order chi connectivity index (χ1) is 12.1. The summed E-state index contributed by atoms with van der Waals surface area (Å²) >= 11 is 17.8. The molecule has 2 aromatic carbocycles. The Labute approximate surface area is 167 Å². The topological polar surface area (TPSA) is 78.5 Å². The van der Waals surface area contributed by atoms with Gasteiger partial charge in [0.1, 0.15) is 0 Å². The number of halogens is 3. The van der Waals surface area contributed by atoms with Crippen LogP contribution >= 0.6 is 34.8 Å². The number of amides is 1. The van der Waals surface area contributed by atoms with Crippen LogP contribution in [0.2, 0.25) is 15.1 Å². The molecule has 0 spiro atoms. The largest absolute Gasteiger partial charge is 0.296 e. The van der Waals surface area contributed by atoms with Crippen LogP contribution in [0.4, 0.5) is 5.69 Å². The number of aryl methyl sites for hydroxylation is 1. The maximum atomic E-state index is 12.5. The molecule has 0 unspecified atom stereocenters. The van der Waals surface area contributed by atoms with E-state index in [0.29, 0.717) is 5.02 Å². The molecule has 0 bridgehead atoms. The minimum atomic E-state index is -3.78. The molecule has 2 rings (SSSR count). The van der Waals surface area contributed by atoms with Crippen molar-refractivity contribution < 1.29 is 13.2 Å². The molecule has 26 heavy (non-hydrogen) atoms. The normalized spacial score (nSPS) is 11.5. The van der Waals surface area contributed by atoms with E-state index >= 15 is 0 Å². The number of carbonyl (C=O) groups is 1. The van der Waals surface area contributed by atoms with E-state index in [1.54, 1.807) is 12.1 Å². The van der Waals surface area contributed by atoms with E-state index in [4.69, 9.17) is 34.8 Å². The molecule has 0 aliphatic rings. The highest BCUT2D eigenvalue weighted by Crippen LogP contribution is 2.33. The van der Waals surface area contributed by atoms with Crippen molar-refractivity contribution >= 4 is 56.4 Å². The van der Waals surface area contributed by atoms with Crippen molar-refractivity contribution in [3.05, 3.63) is 57.0 Å². The number of nitrogens with one attached hydrogen (secondary N) is 2. The van der Waals surface area contributed by atoms with Gasteiger partial charge in [0, 0.05) is 12.1 Å². The van der Waals surface area contributed by atoms with Crippen molar-refractivity contribution in [3.63, 3.8) is 0 Å². The van der Waals surface area contributed by atoms with Crippen molar-refractivity contribution in [3.8, 4) is 0 Å². The van der Waals surface area contributed by atoms with Gasteiger partial charge >= 0.3 is 0 Å². The maximum Gasteiger partial charge on any atom is 0.253 e. The van der Waals surface area contributed by atoms with Gasteiger partial charge in [-0.05, 0) is 31.2 Å². The Kier molecular flexibility index (Phi) is 6.76. The molecule has 6 nitrogen and oxygen atoms in total. The quantitative estimate of drug-likeness (QED) is 0.677. The standard InChI is InChI=1S/C16H16Cl3N3O3S/c1-10-3-5-12(6-4-10)26(24,25)22(2)9-15(23)20-21-16-13(18)7-11(17)8-14(16)19/h3-8,21H,9H2,1-2H3,(H,20,23). The van der Waals surface area contributed by atoms with Gasteiger partial charge in [0.05, 0.1) is 27.2 Å². The molecule has 0 saturated carbocycles. The van der Waals surface area contributed by atoms with Crippen LogP contribution in [0.1, 0.15) is 5.56 Å². The number of hydrogen-bond acceptors (Lipinski definition) is 4. The number of hydrazine groups is 1. The molecule has 0 aliphatic carbocycles. The second-order valence-electron chi connectivity index (χ2n) is 5.49. The molecule has 1 amide bonds. The van der Waals surface area contributed by atoms with Crippen molar-refractivity contribution in [2.75, 3.05) is 19.0 Å². The van der Waals surface area contributed by atoms with E-state index in [2.05, 4.69) is 10.9 Å². The molecule has 2 aromatic rings. The zero-order valence-corrected chi connectivity index (χ0v) is 17.0. The molecule has 10 heteroatoms. The third-order valence-corrected chi connectivity index (χ3v) is 6.06. The lowest BCUT2D eigenvalue weighted by Crippen LogP contribution is -2.40. The zero-order chi connectivity index (χ0) is 19.5. The lowest BCUT2D eigenvalue weighted by atomic mass is 10.2. The lowest BCUT2D eigenvalue weighted by molar-refractivity contribution is -0.120. The smallest absolute Gasteiger partial charge is 0.253 e. The van der Waals surface area contributed by atoms with Crippen LogP contribution in [0.15, 0.2) is 41.3 Å². The van der Waals surface area contributed by atoms with Crippen molar-refractivity contribution in [1.29, 1.82) is 0 Å². The van der Waals surface area contributed by atoms with Crippen LogP contribution in [-0.2, 0) is 14.8 Å². The highest BCUT2D eigenvalue weighted by atomic mass is 35.5. The SMILES string of the molecule is Cc1ccc(S(=O)(=O)N(C)CC(=O)NNc2c(Cl)cc(Cl)cc2Cl)cc1. The predicted octanol–water partition coefficient (Wildman–Crippen LogP) is 3.72. The van der Waals surface area contributed by atoms with Crippen LogP contribution in [0.5, 0.6) is 0 Å². The summed E-state index contributed by atoms with van der Waals surface area (Å²) < 4.78 is 25.9.